The summed E-state index contributed by atoms with van der Waals surface area (Å²) in [6, 6.07) is 12.4. The molecule has 0 N–H and O–H groups in total. The van der Waals surface area contributed by atoms with Gasteiger partial charge in [-0.2, -0.15) is 0 Å². The zero-order chi connectivity index (χ0) is 16.5. The maximum absolute atomic E-state index is 8.90. The Morgan fingerprint density at radius 3 is 2.19 bits per heavy atom. The van der Waals surface area contributed by atoms with E-state index in [1.165, 1.54) is 9.96 Å². The molecule has 2 aromatic rings. The Labute approximate surface area is 133 Å². The molecule has 112 valence electrons. The van der Waals surface area contributed by atoms with Gasteiger partial charge in [0.2, 0.25) is 0 Å². The normalized spacial score (nSPS) is 15.7. The molecule has 0 saturated heterocycles. The predicted octanol–water partition coefficient (Wildman–Crippen LogP) is 5.05. The second-order valence-electron chi connectivity index (χ2n) is 7.07. The van der Waals surface area contributed by atoms with Crippen molar-refractivity contribution in [3.05, 3.63) is 48.2 Å². The summed E-state index contributed by atoms with van der Waals surface area (Å²) in [6.07, 6.45) is 2.05. The van der Waals surface area contributed by atoms with Gasteiger partial charge in [-0.3, -0.25) is 0 Å². The van der Waals surface area contributed by atoms with E-state index in [0.29, 0.717) is 0 Å². The minimum absolute atomic E-state index is 0.266. The molecule has 1 aromatic carbocycles. The van der Waals surface area contributed by atoms with Crippen molar-refractivity contribution in [1.82, 2.24) is 4.98 Å². The molecule has 2 rings (SSSR count). The van der Waals surface area contributed by atoms with Gasteiger partial charge in [0, 0.05) is 0 Å². The number of pyridine rings is 1. The average Bonchev–Trinajstić information content (AvgIpc) is 2.46. The molecule has 0 aliphatic carbocycles. The summed E-state index contributed by atoms with van der Waals surface area (Å²) >= 11 is -2.07. The van der Waals surface area contributed by atoms with Crippen molar-refractivity contribution in [3.63, 3.8) is 0 Å². The molecule has 0 aliphatic heterocycles. The number of hydrogen-bond donors (Lipinski definition) is 0. The predicted molar refractivity (Wildman–Crippen MR) is 95.9 cm³/mol. The van der Waals surface area contributed by atoms with E-state index in [-0.39, 0.29) is 5.92 Å². The Balaban J connectivity index is 2.66. The van der Waals surface area contributed by atoms with Crippen molar-refractivity contribution in [2.24, 2.45) is 5.92 Å². The van der Waals surface area contributed by atoms with Gasteiger partial charge in [0.05, 0.1) is 0 Å². The van der Waals surface area contributed by atoms with E-state index >= 15 is 0 Å². The number of aromatic nitrogens is 1. The summed E-state index contributed by atoms with van der Waals surface area (Å²) in [4.78, 5) is 4.71. The Morgan fingerprint density at radius 2 is 1.67 bits per heavy atom. The molecule has 1 atom stereocenters. The van der Waals surface area contributed by atoms with Crippen molar-refractivity contribution < 1.29 is 1.37 Å². The molecule has 21 heavy (non-hydrogen) atoms. The summed E-state index contributed by atoms with van der Waals surface area (Å²) < 4.78 is 10.3. The maximum atomic E-state index is 8.90. The molecule has 0 amide bonds. The van der Waals surface area contributed by atoms with Crippen LogP contribution in [0.15, 0.2) is 42.6 Å². The van der Waals surface area contributed by atoms with Crippen LogP contribution >= 0.6 is 0 Å². The van der Waals surface area contributed by atoms with Crippen LogP contribution in [0.25, 0.3) is 11.3 Å². The molecule has 1 nitrogen and oxygen atoms in total. The van der Waals surface area contributed by atoms with Gasteiger partial charge < -0.3 is 0 Å². The van der Waals surface area contributed by atoms with Gasteiger partial charge in [0.25, 0.3) is 0 Å². The Bertz CT molecular complexity index is 642. The topological polar surface area (TPSA) is 12.9 Å². The van der Waals surface area contributed by atoms with Crippen molar-refractivity contribution in [2.75, 3.05) is 0 Å². The average molecular weight is 343 g/mol. The van der Waals surface area contributed by atoms with E-state index in [4.69, 9.17) is 6.35 Å². The standard InChI is InChI=1S/C19H27GeN/c1-14(2)15(3)17-12-19(16-10-8-7-9-11-16)21-13-18(17)20(4,5)6/h7-15H,1-6H3/i15D. The number of rotatable bonds is 4. The molecule has 2 heteroatoms. The van der Waals surface area contributed by atoms with Crippen LogP contribution in [0.2, 0.25) is 17.3 Å². The minimum atomic E-state index is -2.07. The fraction of sp³-hybridized carbons (Fsp3) is 0.421. The van der Waals surface area contributed by atoms with E-state index in [2.05, 4.69) is 49.3 Å². The molecule has 1 unspecified atom stereocenters. The number of benzene rings is 1. The first kappa shape index (κ1) is 14.8. The molecular weight excluding hydrogens is 315 g/mol. The zero-order valence-electron chi connectivity index (χ0n) is 15.1. The van der Waals surface area contributed by atoms with Crippen molar-refractivity contribution in [2.45, 2.75) is 43.9 Å². The van der Waals surface area contributed by atoms with Gasteiger partial charge in [-0.25, -0.2) is 0 Å². The fourth-order valence-corrected chi connectivity index (χ4v) is 5.67. The van der Waals surface area contributed by atoms with Gasteiger partial charge >= 0.3 is 133 Å². The SMILES string of the molecule is [2H]C(C)(c1cc(-c2ccccc2)nc[c]1[Ge]([CH3])([CH3])[CH3])C(C)C. The van der Waals surface area contributed by atoms with Gasteiger partial charge in [-0.05, 0) is 0 Å². The summed E-state index contributed by atoms with van der Waals surface area (Å²) in [5, 5.41) is 0. The first-order valence-corrected chi connectivity index (χ1v) is 15.0. The van der Waals surface area contributed by atoms with E-state index < -0.39 is 19.2 Å². The fourth-order valence-electron chi connectivity index (χ4n) is 2.46. The van der Waals surface area contributed by atoms with Crippen LogP contribution in [0.3, 0.4) is 0 Å². The van der Waals surface area contributed by atoms with Crippen molar-refractivity contribution in [1.29, 1.82) is 0 Å². The van der Waals surface area contributed by atoms with Crippen LogP contribution in [-0.4, -0.2) is 18.3 Å². The third-order valence-electron chi connectivity index (χ3n) is 4.07. The second-order valence-corrected chi connectivity index (χ2v) is 17.6. The molecule has 0 fully saturated rings. The third kappa shape index (κ3) is 3.76. The molecular formula is C19H27GeN. The third-order valence-corrected chi connectivity index (χ3v) is 8.30. The number of hydrogen-bond acceptors (Lipinski definition) is 1. The van der Waals surface area contributed by atoms with Crippen molar-refractivity contribution in [3.8, 4) is 11.3 Å². The van der Waals surface area contributed by atoms with Gasteiger partial charge in [0.1, 0.15) is 0 Å². The Morgan fingerprint density at radius 1 is 1.05 bits per heavy atom. The van der Waals surface area contributed by atoms with E-state index in [1.807, 2.05) is 31.3 Å². The first-order valence-electron chi connectivity index (χ1n) is 8.20. The van der Waals surface area contributed by atoms with Gasteiger partial charge in [0.15, 0.2) is 0 Å². The van der Waals surface area contributed by atoms with Gasteiger partial charge in [-0.1, -0.05) is 0 Å². The quantitative estimate of drug-likeness (QED) is 0.708. The second kappa shape index (κ2) is 6.35. The molecule has 1 heterocycles. The molecule has 0 radical (unpaired) electrons. The van der Waals surface area contributed by atoms with Crippen LogP contribution in [0.5, 0.6) is 0 Å². The van der Waals surface area contributed by atoms with E-state index in [1.54, 1.807) is 0 Å². The van der Waals surface area contributed by atoms with Crippen LogP contribution in [0.4, 0.5) is 0 Å². The first-order chi connectivity index (χ1) is 10.1. The van der Waals surface area contributed by atoms with Gasteiger partial charge in [-0.15, -0.1) is 0 Å². The molecule has 0 aliphatic rings. The molecule has 1 aromatic heterocycles. The molecule has 0 bridgehead atoms. The Kier molecular flexibility index (Phi) is 4.49. The molecule has 0 saturated carbocycles. The van der Waals surface area contributed by atoms with Crippen LogP contribution in [0, 0.1) is 5.92 Å². The van der Waals surface area contributed by atoms with Crippen molar-refractivity contribution >= 4 is 17.7 Å². The summed E-state index contributed by atoms with van der Waals surface area (Å²) in [7, 11) is 0. The van der Waals surface area contributed by atoms with Crippen LogP contribution < -0.4 is 4.40 Å². The van der Waals surface area contributed by atoms with Crippen LogP contribution in [0.1, 0.15) is 33.6 Å². The number of nitrogens with zero attached hydrogens (tertiary/aromatic N) is 1. The Hall–Kier alpha value is -1.09. The summed E-state index contributed by atoms with van der Waals surface area (Å²) in [5.41, 5.74) is 3.27. The van der Waals surface area contributed by atoms with E-state index in [0.717, 1.165) is 11.3 Å². The summed E-state index contributed by atoms with van der Waals surface area (Å²) in [5.74, 6) is 6.81. The van der Waals surface area contributed by atoms with Crippen LogP contribution in [-0.2, 0) is 0 Å². The summed E-state index contributed by atoms with van der Waals surface area (Å²) in [6.45, 7) is 6.31. The monoisotopic (exact) mass is 344 g/mol. The van der Waals surface area contributed by atoms with E-state index in [9.17, 15) is 0 Å². The molecule has 0 spiro atoms. The zero-order valence-corrected chi connectivity index (χ0v) is 16.2.